The highest BCUT2D eigenvalue weighted by molar-refractivity contribution is 6.33. The molecule has 1 fully saturated rings. The second-order valence-corrected chi connectivity index (χ2v) is 7.24. The molecule has 1 saturated heterocycles. The number of aromatic nitrogens is 3. The number of nitrogens with zero attached hydrogens (tertiary/aromatic N) is 4. The number of amides is 2. The summed E-state index contributed by atoms with van der Waals surface area (Å²) in [5.41, 5.74) is 3.34. The normalized spacial score (nSPS) is 13.7. The molecule has 2 amide bonds. The van der Waals surface area contributed by atoms with Crippen LogP contribution in [0, 0.1) is 0 Å². The molecule has 1 aliphatic rings. The lowest BCUT2D eigenvalue weighted by Gasteiger charge is -2.29. The molecule has 3 aromatic rings. The number of rotatable bonds is 5. The molecule has 1 aromatic carbocycles. The van der Waals surface area contributed by atoms with Crippen molar-refractivity contribution in [3.8, 4) is 11.3 Å². The number of aliphatic hydroxyl groups excluding tert-OH is 1. The number of aliphatic hydroxyl groups is 1. The number of hydrogen-bond donors (Lipinski definition) is 3. The third-order valence-corrected chi connectivity index (χ3v) is 5.02. The van der Waals surface area contributed by atoms with Crippen LogP contribution >= 0.6 is 11.6 Å². The smallest absolute Gasteiger partial charge is 0.324 e. The Hall–Kier alpha value is -3.27. The Bertz CT molecular complexity index is 1060. The fourth-order valence-corrected chi connectivity index (χ4v) is 3.46. The molecule has 1 aliphatic heterocycles. The van der Waals surface area contributed by atoms with Gasteiger partial charge in [0.25, 0.3) is 0 Å². The van der Waals surface area contributed by atoms with E-state index in [-0.39, 0.29) is 6.61 Å². The molecule has 160 valence electrons. The minimum Gasteiger partial charge on any atom is -0.390 e. The number of carbonyl (C=O) groups is 1. The number of morpholine rings is 1. The number of benzene rings is 1. The Labute approximate surface area is 184 Å². The molecule has 3 N–H and O–H groups in total. The minimum atomic E-state index is -0.481. The fraction of sp³-hybridized carbons (Fsp3) is 0.238. The maximum absolute atomic E-state index is 12.3. The maximum Gasteiger partial charge on any atom is 0.324 e. The van der Waals surface area contributed by atoms with Gasteiger partial charge in [-0.2, -0.15) is 0 Å². The molecule has 9 nitrogen and oxygen atoms in total. The van der Waals surface area contributed by atoms with Crippen molar-refractivity contribution in [3.05, 3.63) is 59.6 Å². The van der Waals surface area contributed by atoms with Crippen LogP contribution < -0.4 is 15.5 Å². The summed E-state index contributed by atoms with van der Waals surface area (Å²) in [6.07, 6.45) is 4.53. The van der Waals surface area contributed by atoms with Crippen LogP contribution in [0.4, 0.5) is 22.0 Å². The quantitative estimate of drug-likeness (QED) is 0.558. The van der Waals surface area contributed by atoms with Crippen molar-refractivity contribution in [1.29, 1.82) is 0 Å². The third kappa shape index (κ3) is 5.26. The van der Waals surface area contributed by atoms with Crippen molar-refractivity contribution >= 4 is 34.8 Å². The molecule has 0 spiro atoms. The minimum absolute atomic E-state index is 0.160. The van der Waals surface area contributed by atoms with E-state index >= 15 is 0 Å². The molecule has 2 aromatic heterocycles. The summed E-state index contributed by atoms with van der Waals surface area (Å²) in [4.78, 5) is 27.1. The largest absolute Gasteiger partial charge is 0.390 e. The molecule has 0 radical (unpaired) electrons. The van der Waals surface area contributed by atoms with Gasteiger partial charge in [-0.3, -0.25) is 15.3 Å². The zero-order chi connectivity index (χ0) is 21.6. The Morgan fingerprint density at radius 3 is 2.68 bits per heavy atom. The van der Waals surface area contributed by atoms with Crippen molar-refractivity contribution in [3.63, 3.8) is 0 Å². The molecule has 0 unspecified atom stereocenters. The van der Waals surface area contributed by atoms with Crippen LogP contribution in [0.15, 0.2) is 48.9 Å². The van der Waals surface area contributed by atoms with Gasteiger partial charge < -0.3 is 20.1 Å². The summed E-state index contributed by atoms with van der Waals surface area (Å²) in [6.45, 7) is 2.80. The summed E-state index contributed by atoms with van der Waals surface area (Å²) in [5.74, 6) is 0.295. The number of pyridine rings is 1. The van der Waals surface area contributed by atoms with Gasteiger partial charge in [0, 0.05) is 18.7 Å². The first-order valence-corrected chi connectivity index (χ1v) is 10.1. The maximum atomic E-state index is 12.3. The molecule has 10 heteroatoms. The van der Waals surface area contributed by atoms with E-state index in [0.29, 0.717) is 41.1 Å². The lowest BCUT2D eigenvalue weighted by molar-refractivity contribution is 0.122. The van der Waals surface area contributed by atoms with E-state index in [9.17, 15) is 4.79 Å². The Morgan fingerprint density at radius 1 is 1.13 bits per heavy atom. The zero-order valence-electron chi connectivity index (χ0n) is 16.6. The first kappa shape index (κ1) is 21.0. The molecule has 0 aliphatic carbocycles. The lowest BCUT2D eigenvalue weighted by Crippen LogP contribution is -2.36. The third-order valence-electron chi connectivity index (χ3n) is 4.72. The first-order chi connectivity index (χ1) is 15.1. The molecule has 4 rings (SSSR count). The highest BCUT2D eigenvalue weighted by atomic mass is 35.5. The number of hydrogen-bond acceptors (Lipinski definition) is 7. The predicted molar refractivity (Wildman–Crippen MR) is 118 cm³/mol. The molecule has 0 saturated carbocycles. The van der Waals surface area contributed by atoms with Crippen LogP contribution in [0.2, 0.25) is 5.02 Å². The number of ether oxygens (including phenoxy) is 1. The molecule has 31 heavy (non-hydrogen) atoms. The predicted octanol–water partition coefficient (Wildman–Crippen LogP) is 3.16. The summed E-state index contributed by atoms with van der Waals surface area (Å²) in [7, 11) is 0. The van der Waals surface area contributed by atoms with Crippen molar-refractivity contribution in [2.24, 2.45) is 0 Å². The second kappa shape index (κ2) is 9.69. The summed E-state index contributed by atoms with van der Waals surface area (Å²) < 4.78 is 5.39. The van der Waals surface area contributed by atoms with Crippen molar-refractivity contribution in [1.82, 2.24) is 15.0 Å². The molecule has 0 bridgehead atoms. The van der Waals surface area contributed by atoms with Crippen LogP contribution in [0.5, 0.6) is 0 Å². The molecular formula is C21H21ClN6O3. The van der Waals surface area contributed by atoms with E-state index in [1.165, 1.54) is 12.4 Å². The van der Waals surface area contributed by atoms with E-state index in [1.54, 1.807) is 18.3 Å². The Kier molecular flexibility index (Phi) is 6.56. The Balaban J connectivity index is 1.45. The topological polar surface area (TPSA) is 112 Å². The van der Waals surface area contributed by atoms with Crippen molar-refractivity contribution in [2.45, 2.75) is 6.61 Å². The monoisotopic (exact) mass is 440 g/mol. The van der Waals surface area contributed by atoms with Crippen molar-refractivity contribution < 1.29 is 14.6 Å². The SMILES string of the molecule is O=C(Nc1ccc(CO)nc1)Nc1cncc(-c2ccc(N3CCOCC3)c(Cl)c2)n1. The first-order valence-electron chi connectivity index (χ1n) is 9.71. The second-order valence-electron chi connectivity index (χ2n) is 6.83. The van der Waals surface area contributed by atoms with Gasteiger partial charge in [-0.15, -0.1) is 0 Å². The van der Waals surface area contributed by atoms with Crippen LogP contribution in [-0.4, -0.2) is 52.4 Å². The highest BCUT2D eigenvalue weighted by Gasteiger charge is 2.15. The van der Waals surface area contributed by atoms with Crippen molar-refractivity contribution in [2.75, 3.05) is 41.8 Å². The average molecular weight is 441 g/mol. The van der Waals surface area contributed by atoms with Gasteiger partial charge in [0.05, 0.1) is 66.2 Å². The number of anilines is 3. The fourth-order valence-electron chi connectivity index (χ4n) is 3.16. The van der Waals surface area contributed by atoms with Gasteiger partial charge in [-0.25, -0.2) is 9.78 Å². The van der Waals surface area contributed by atoms with Crippen LogP contribution in [0.1, 0.15) is 5.69 Å². The van der Waals surface area contributed by atoms with E-state index < -0.39 is 6.03 Å². The number of nitrogens with one attached hydrogen (secondary N) is 2. The van der Waals surface area contributed by atoms with Gasteiger partial charge in [0.2, 0.25) is 0 Å². The van der Waals surface area contributed by atoms with Crippen LogP contribution in [0.25, 0.3) is 11.3 Å². The number of carbonyl (C=O) groups excluding carboxylic acids is 1. The summed E-state index contributed by atoms with van der Waals surface area (Å²) >= 11 is 6.52. The number of urea groups is 1. The van der Waals surface area contributed by atoms with E-state index in [4.69, 9.17) is 21.4 Å². The highest BCUT2D eigenvalue weighted by Crippen LogP contribution is 2.31. The summed E-state index contributed by atoms with van der Waals surface area (Å²) in [6, 6.07) is 8.53. The van der Waals surface area contributed by atoms with E-state index in [2.05, 4.69) is 30.5 Å². The molecule has 3 heterocycles. The average Bonchev–Trinajstić information content (AvgIpc) is 2.80. The van der Waals surface area contributed by atoms with Crippen LogP contribution in [-0.2, 0) is 11.3 Å². The van der Waals surface area contributed by atoms with Gasteiger partial charge in [0.15, 0.2) is 5.82 Å². The molecule has 0 atom stereocenters. The summed E-state index contributed by atoms with van der Waals surface area (Å²) in [5, 5.41) is 15.0. The zero-order valence-corrected chi connectivity index (χ0v) is 17.3. The Morgan fingerprint density at radius 2 is 1.97 bits per heavy atom. The lowest BCUT2D eigenvalue weighted by atomic mass is 10.1. The van der Waals surface area contributed by atoms with Gasteiger partial charge in [0.1, 0.15) is 0 Å². The number of halogens is 1. The van der Waals surface area contributed by atoms with E-state index in [1.807, 2.05) is 18.2 Å². The molecular weight excluding hydrogens is 420 g/mol. The van der Waals surface area contributed by atoms with Gasteiger partial charge in [-0.1, -0.05) is 17.7 Å². The van der Waals surface area contributed by atoms with Gasteiger partial charge in [-0.05, 0) is 24.3 Å². The van der Waals surface area contributed by atoms with E-state index in [0.717, 1.165) is 24.3 Å². The van der Waals surface area contributed by atoms with Gasteiger partial charge >= 0.3 is 6.03 Å². The standard InChI is InChI=1S/C21H21ClN6O3/c22-17-9-14(1-4-19(17)28-5-7-31-8-6-28)18-11-23-12-20(26-18)27-21(30)25-15-2-3-16(13-29)24-10-15/h1-4,9-12,29H,5-8,13H2,(H2,25,26,27,30). The van der Waals surface area contributed by atoms with Crippen LogP contribution in [0.3, 0.4) is 0 Å².